The van der Waals surface area contributed by atoms with Crippen LogP contribution in [0.4, 0.5) is 0 Å². The van der Waals surface area contributed by atoms with E-state index in [9.17, 15) is 0 Å². The van der Waals surface area contributed by atoms with Crippen LogP contribution in [-0.4, -0.2) is 12.1 Å². The van der Waals surface area contributed by atoms with E-state index < -0.39 is 0 Å². The lowest BCUT2D eigenvalue weighted by Gasteiger charge is -2.07. The van der Waals surface area contributed by atoms with Crippen LogP contribution in [0.3, 0.4) is 0 Å². The van der Waals surface area contributed by atoms with E-state index in [1.54, 1.807) is 7.11 Å². The zero-order valence-electron chi connectivity index (χ0n) is 11.5. The number of nitrogens with zero attached hydrogens (tertiary/aromatic N) is 1. The van der Waals surface area contributed by atoms with Gasteiger partial charge in [-0.05, 0) is 41.5 Å². The molecule has 2 heteroatoms. The third-order valence-corrected chi connectivity index (χ3v) is 3.59. The van der Waals surface area contributed by atoms with Crippen LogP contribution in [0.1, 0.15) is 11.1 Å². The highest BCUT2D eigenvalue weighted by Crippen LogP contribution is 2.19. The molecule has 0 unspecified atom stereocenters. The predicted molar refractivity (Wildman–Crippen MR) is 82.1 cm³/mol. The molecule has 0 aliphatic rings. The molecule has 2 aromatic carbocycles. The van der Waals surface area contributed by atoms with Gasteiger partial charge < -0.3 is 4.74 Å². The molecule has 3 rings (SSSR count). The first kappa shape index (κ1) is 12.7. The van der Waals surface area contributed by atoms with Gasteiger partial charge in [-0.1, -0.05) is 36.4 Å². The molecule has 1 heterocycles. The molecular formula is C18H17NO. The third kappa shape index (κ3) is 2.64. The number of hydrogen-bond donors (Lipinski definition) is 0. The molecule has 2 nitrogen and oxygen atoms in total. The van der Waals surface area contributed by atoms with Gasteiger partial charge in [0.15, 0.2) is 0 Å². The third-order valence-electron chi connectivity index (χ3n) is 3.59. The molecular weight excluding hydrogens is 246 g/mol. The maximum atomic E-state index is 5.18. The number of aryl methyl sites for hydroxylation is 2. The van der Waals surface area contributed by atoms with E-state index in [2.05, 4.69) is 41.4 Å². The van der Waals surface area contributed by atoms with Crippen molar-refractivity contribution < 1.29 is 4.74 Å². The van der Waals surface area contributed by atoms with Gasteiger partial charge >= 0.3 is 0 Å². The average Bonchev–Trinajstić information content (AvgIpc) is 2.53. The lowest BCUT2D eigenvalue weighted by Crippen LogP contribution is -1.94. The summed E-state index contributed by atoms with van der Waals surface area (Å²) in [6, 6.07) is 16.7. The summed E-state index contributed by atoms with van der Waals surface area (Å²) in [5, 5.41) is 2.51. The van der Waals surface area contributed by atoms with Gasteiger partial charge in [-0.25, -0.2) is 0 Å². The first-order valence-corrected chi connectivity index (χ1v) is 6.81. The Balaban J connectivity index is 1.79. The fourth-order valence-corrected chi connectivity index (χ4v) is 2.45. The number of benzene rings is 2. The van der Waals surface area contributed by atoms with Gasteiger partial charge in [0.1, 0.15) is 5.75 Å². The minimum absolute atomic E-state index is 0.903. The van der Waals surface area contributed by atoms with Crippen LogP contribution in [0.25, 0.3) is 10.8 Å². The van der Waals surface area contributed by atoms with Crippen molar-refractivity contribution in [2.45, 2.75) is 12.8 Å². The Hall–Kier alpha value is -2.35. The predicted octanol–water partition coefficient (Wildman–Crippen LogP) is 4.03. The van der Waals surface area contributed by atoms with Crippen LogP contribution in [0.5, 0.6) is 5.75 Å². The highest BCUT2D eigenvalue weighted by Gasteiger charge is 2.02. The minimum Gasteiger partial charge on any atom is -0.497 e. The molecule has 1 aromatic heterocycles. The van der Waals surface area contributed by atoms with Gasteiger partial charge in [-0.2, -0.15) is 0 Å². The maximum Gasteiger partial charge on any atom is 0.118 e. The van der Waals surface area contributed by atoms with Gasteiger partial charge in [-0.15, -0.1) is 0 Å². The topological polar surface area (TPSA) is 22.1 Å². The van der Waals surface area contributed by atoms with E-state index in [1.165, 1.54) is 21.9 Å². The zero-order chi connectivity index (χ0) is 13.8. The monoisotopic (exact) mass is 263 g/mol. The van der Waals surface area contributed by atoms with Crippen molar-refractivity contribution in [3.05, 3.63) is 72.1 Å². The Morgan fingerprint density at radius 2 is 1.70 bits per heavy atom. The van der Waals surface area contributed by atoms with E-state index >= 15 is 0 Å². The van der Waals surface area contributed by atoms with E-state index in [4.69, 9.17) is 4.74 Å². The van der Waals surface area contributed by atoms with Crippen molar-refractivity contribution in [1.29, 1.82) is 0 Å². The van der Waals surface area contributed by atoms with E-state index in [0.29, 0.717) is 0 Å². The number of rotatable bonds is 4. The normalized spacial score (nSPS) is 10.7. The molecule has 0 fully saturated rings. The van der Waals surface area contributed by atoms with Gasteiger partial charge in [0.05, 0.1) is 7.11 Å². The van der Waals surface area contributed by atoms with Crippen molar-refractivity contribution in [3.63, 3.8) is 0 Å². The second-order valence-electron chi connectivity index (χ2n) is 4.87. The van der Waals surface area contributed by atoms with E-state index in [0.717, 1.165) is 18.6 Å². The fraction of sp³-hybridized carbons (Fsp3) is 0.167. The SMILES string of the molecule is COc1ccc(CCc2cncc3ccccc23)cc1. The molecule has 0 N–H and O–H groups in total. The second-order valence-corrected chi connectivity index (χ2v) is 4.87. The number of pyridine rings is 1. The van der Waals surface area contributed by atoms with E-state index in [1.807, 2.05) is 24.5 Å². The van der Waals surface area contributed by atoms with Crippen LogP contribution >= 0.6 is 0 Å². The minimum atomic E-state index is 0.903. The van der Waals surface area contributed by atoms with Gasteiger partial charge in [0, 0.05) is 17.8 Å². The summed E-state index contributed by atoms with van der Waals surface area (Å²) in [5.74, 6) is 0.903. The molecule has 20 heavy (non-hydrogen) atoms. The van der Waals surface area contributed by atoms with Crippen LogP contribution < -0.4 is 4.74 Å². The maximum absolute atomic E-state index is 5.18. The Bertz CT molecular complexity index is 699. The summed E-state index contributed by atoms with van der Waals surface area (Å²) in [6.07, 6.45) is 5.92. The number of hydrogen-bond acceptors (Lipinski definition) is 2. The molecule has 0 spiro atoms. The number of methoxy groups -OCH3 is 1. The lowest BCUT2D eigenvalue weighted by molar-refractivity contribution is 0.414. The van der Waals surface area contributed by atoms with Crippen molar-refractivity contribution in [1.82, 2.24) is 4.98 Å². The first-order chi connectivity index (χ1) is 9.86. The number of fused-ring (bicyclic) bond motifs is 1. The van der Waals surface area contributed by atoms with Gasteiger partial charge in [0.25, 0.3) is 0 Å². The van der Waals surface area contributed by atoms with Gasteiger partial charge in [-0.3, -0.25) is 4.98 Å². The Labute approximate surface area is 119 Å². The summed E-state index contributed by atoms with van der Waals surface area (Å²) in [4.78, 5) is 4.33. The summed E-state index contributed by atoms with van der Waals surface area (Å²) in [6.45, 7) is 0. The zero-order valence-corrected chi connectivity index (χ0v) is 11.5. The Morgan fingerprint density at radius 3 is 2.50 bits per heavy atom. The molecule has 0 aliphatic heterocycles. The van der Waals surface area contributed by atoms with Crippen molar-refractivity contribution in [3.8, 4) is 5.75 Å². The van der Waals surface area contributed by atoms with Crippen molar-refractivity contribution >= 4 is 10.8 Å². The average molecular weight is 263 g/mol. The molecule has 0 saturated carbocycles. The van der Waals surface area contributed by atoms with Crippen LogP contribution in [-0.2, 0) is 12.8 Å². The smallest absolute Gasteiger partial charge is 0.118 e. The standard InChI is InChI=1S/C18H17NO/c1-20-17-10-7-14(8-11-17)6-9-16-13-19-12-15-4-2-3-5-18(15)16/h2-5,7-8,10-13H,6,9H2,1H3. The largest absolute Gasteiger partial charge is 0.497 e. The summed E-state index contributed by atoms with van der Waals surface area (Å²) < 4.78 is 5.18. The first-order valence-electron chi connectivity index (χ1n) is 6.81. The van der Waals surface area contributed by atoms with Crippen molar-refractivity contribution in [2.75, 3.05) is 7.11 Å². The highest BCUT2D eigenvalue weighted by molar-refractivity contribution is 5.84. The molecule has 100 valence electrons. The summed E-state index contributed by atoms with van der Waals surface area (Å²) in [7, 11) is 1.69. The molecule has 0 bridgehead atoms. The molecule has 0 aliphatic carbocycles. The Kier molecular flexibility index (Phi) is 3.64. The highest BCUT2D eigenvalue weighted by atomic mass is 16.5. The Morgan fingerprint density at radius 1 is 0.900 bits per heavy atom. The molecule has 0 atom stereocenters. The molecule has 0 amide bonds. The van der Waals surface area contributed by atoms with Crippen LogP contribution in [0.15, 0.2) is 60.9 Å². The summed E-state index contributed by atoms with van der Waals surface area (Å²) >= 11 is 0. The molecule has 0 saturated heterocycles. The lowest BCUT2D eigenvalue weighted by atomic mass is 10.0. The fourth-order valence-electron chi connectivity index (χ4n) is 2.45. The second kappa shape index (κ2) is 5.74. The van der Waals surface area contributed by atoms with Crippen molar-refractivity contribution in [2.24, 2.45) is 0 Å². The molecule has 3 aromatic rings. The van der Waals surface area contributed by atoms with Crippen LogP contribution in [0, 0.1) is 0 Å². The quantitative estimate of drug-likeness (QED) is 0.709. The summed E-state index contributed by atoms with van der Waals surface area (Å²) in [5.41, 5.74) is 2.62. The van der Waals surface area contributed by atoms with E-state index in [-0.39, 0.29) is 0 Å². The van der Waals surface area contributed by atoms with Crippen LogP contribution in [0.2, 0.25) is 0 Å². The molecule has 0 radical (unpaired) electrons. The number of ether oxygens (including phenoxy) is 1. The van der Waals surface area contributed by atoms with Gasteiger partial charge in [0.2, 0.25) is 0 Å². The number of aromatic nitrogens is 1.